The summed E-state index contributed by atoms with van der Waals surface area (Å²) < 4.78 is 48.0. The van der Waals surface area contributed by atoms with E-state index in [9.17, 15) is 23.3 Å². The molecular weight excluding hydrogens is 369 g/mol. The van der Waals surface area contributed by atoms with Gasteiger partial charge in [0.15, 0.2) is 0 Å². The molecule has 0 N–H and O–H groups in total. The van der Waals surface area contributed by atoms with Crippen LogP contribution >= 0.6 is 0 Å². The molecule has 0 amide bonds. The molecule has 2 aromatic rings. The molecular formula is C16H17F3N4O4. The Hall–Kier alpha value is -2.98. The molecule has 146 valence electrons. The second-order valence-corrected chi connectivity index (χ2v) is 6.53. The summed E-state index contributed by atoms with van der Waals surface area (Å²) >= 11 is 0. The Morgan fingerprint density at radius 3 is 2.67 bits per heavy atom. The van der Waals surface area contributed by atoms with Gasteiger partial charge in [0.25, 0.3) is 0 Å². The number of nitro groups is 1. The predicted molar refractivity (Wildman–Crippen MR) is 88.9 cm³/mol. The van der Waals surface area contributed by atoms with Crippen molar-refractivity contribution in [1.29, 1.82) is 0 Å². The van der Waals surface area contributed by atoms with Crippen LogP contribution in [0.15, 0.2) is 30.5 Å². The second kappa shape index (κ2) is 6.63. The molecule has 0 fully saturated rings. The van der Waals surface area contributed by atoms with Gasteiger partial charge in [-0.25, -0.2) is 0 Å². The Morgan fingerprint density at radius 2 is 2.07 bits per heavy atom. The molecule has 27 heavy (non-hydrogen) atoms. The first-order chi connectivity index (χ1) is 12.5. The molecule has 8 nitrogen and oxygen atoms in total. The number of hydrogen-bond donors (Lipinski definition) is 0. The van der Waals surface area contributed by atoms with Gasteiger partial charge in [0.1, 0.15) is 17.5 Å². The third kappa shape index (κ3) is 4.41. The van der Waals surface area contributed by atoms with E-state index in [4.69, 9.17) is 4.74 Å². The highest BCUT2D eigenvalue weighted by Gasteiger charge is 2.37. The average Bonchev–Trinajstić information content (AvgIpc) is 2.96. The highest BCUT2D eigenvalue weighted by Crippen LogP contribution is 2.32. The summed E-state index contributed by atoms with van der Waals surface area (Å²) in [6, 6.07) is 5.68. The lowest BCUT2D eigenvalue weighted by atomic mass is 10.00. The molecule has 0 spiro atoms. The van der Waals surface area contributed by atoms with E-state index >= 15 is 0 Å². The molecule has 11 heteroatoms. The summed E-state index contributed by atoms with van der Waals surface area (Å²) in [6.07, 6.45) is -2.81. The highest BCUT2D eigenvalue weighted by atomic mass is 19.4. The number of aromatic nitrogens is 2. The van der Waals surface area contributed by atoms with E-state index in [1.807, 2.05) is 11.8 Å². The van der Waals surface area contributed by atoms with Gasteiger partial charge in [0.2, 0.25) is 0 Å². The fourth-order valence-electron chi connectivity index (χ4n) is 2.95. The van der Waals surface area contributed by atoms with E-state index in [2.05, 4.69) is 9.72 Å². The molecule has 0 saturated heterocycles. The number of anilines is 1. The van der Waals surface area contributed by atoms with E-state index in [0.717, 1.165) is 0 Å². The van der Waals surface area contributed by atoms with Crippen molar-refractivity contribution >= 4 is 11.5 Å². The van der Waals surface area contributed by atoms with E-state index in [0.29, 0.717) is 25.2 Å². The van der Waals surface area contributed by atoms with Crippen LogP contribution in [0.5, 0.6) is 11.8 Å². The highest BCUT2D eigenvalue weighted by molar-refractivity contribution is 5.48. The van der Waals surface area contributed by atoms with Crippen LogP contribution in [-0.2, 0) is 6.54 Å². The van der Waals surface area contributed by atoms with Gasteiger partial charge in [0, 0.05) is 30.7 Å². The van der Waals surface area contributed by atoms with Gasteiger partial charge in [-0.2, -0.15) is 0 Å². The molecule has 1 atom stereocenters. The molecule has 1 aromatic carbocycles. The molecule has 1 aromatic heterocycles. The molecule has 0 saturated carbocycles. The number of nitrogens with zero attached hydrogens (tertiary/aromatic N) is 4. The normalized spacial score (nSPS) is 19.1. The van der Waals surface area contributed by atoms with Crippen molar-refractivity contribution in [2.45, 2.75) is 31.9 Å². The van der Waals surface area contributed by atoms with Crippen molar-refractivity contribution in [3.05, 3.63) is 40.6 Å². The zero-order valence-electron chi connectivity index (χ0n) is 14.6. The maximum atomic E-state index is 12.2. The number of aryl methyl sites for hydroxylation is 1. The van der Waals surface area contributed by atoms with Crippen LogP contribution in [0.4, 0.5) is 24.7 Å². The Balaban J connectivity index is 1.68. The van der Waals surface area contributed by atoms with Crippen molar-refractivity contribution in [2.75, 3.05) is 18.5 Å². The number of hydrogen-bond acceptors (Lipinski definition) is 6. The van der Waals surface area contributed by atoms with Gasteiger partial charge in [0.05, 0.1) is 6.54 Å². The van der Waals surface area contributed by atoms with Crippen molar-refractivity contribution in [3.63, 3.8) is 0 Å². The minimum absolute atomic E-state index is 0.178. The quantitative estimate of drug-likeness (QED) is 0.579. The number of ether oxygens (including phenoxy) is 2. The Kier molecular flexibility index (Phi) is 4.62. The average molecular weight is 386 g/mol. The van der Waals surface area contributed by atoms with E-state index < -0.39 is 16.9 Å². The Morgan fingerprint density at radius 1 is 1.41 bits per heavy atom. The van der Waals surface area contributed by atoms with Crippen molar-refractivity contribution in [3.8, 4) is 11.8 Å². The molecule has 1 unspecified atom stereocenters. The minimum Gasteiger partial charge on any atom is -0.438 e. The Labute approximate surface area is 152 Å². The molecule has 1 aliphatic heterocycles. The van der Waals surface area contributed by atoms with Crippen LogP contribution in [0.3, 0.4) is 0 Å². The van der Waals surface area contributed by atoms with Crippen LogP contribution < -0.4 is 14.4 Å². The van der Waals surface area contributed by atoms with Gasteiger partial charge < -0.3 is 24.5 Å². The van der Waals surface area contributed by atoms with Gasteiger partial charge >= 0.3 is 18.2 Å². The fraction of sp³-hybridized carbons (Fsp3) is 0.438. The maximum absolute atomic E-state index is 12.2. The van der Waals surface area contributed by atoms with Gasteiger partial charge in [-0.05, 0) is 36.1 Å². The number of alkyl halides is 3. The monoisotopic (exact) mass is 386 g/mol. The van der Waals surface area contributed by atoms with Crippen LogP contribution in [0.1, 0.15) is 13.3 Å². The third-order valence-corrected chi connectivity index (χ3v) is 4.22. The number of benzene rings is 1. The van der Waals surface area contributed by atoms with E-state index in [-0.39, 0.29) is 17.6 Å². The lowest BCUT2D eigenvalue weighted by Gasteiger charge is -2.36. The topological polar surface area (TPSA) is 82.7 Å². The molecule has 0 radical (unpaired) electrons. The summed E-state index contributed by atoms with van der Waals surface area (Å²) in [5, 5.41) is 10.8. The van der Waals surface area contributed by atoms with Crippen LogP contribution in [-0.4, -0.2) is 40.0 Å². The molecule has 1 aliphatic rings. The molecule has 2 heterocycles. The summed E-state index contributed by atoms with van der Waals surface area (Å²) in [4.78, 5) is 16.0. The summed E-state index contributed by atoms with van der Waals surface area (Å²) in [5.41, 5.74) is 0.0136. The SMILES string of the molecule is CN(CC1(C)CCn2cc([N+](=O)[O-])nc2O1)c1ccc(OC(F)(F)F)cc1. The third-order valence-electron chi connectivity index (χ3n) is 4.22. The van der Waals surface area contributed by atoms with E-state index in [1.165, 1.54) is 30.5 Å². The van der Waals surface area contributed by atoms with Crippen molar-refractivity contribution in [2.24, 2.45) is 0 Å². The first-order valence-electron chi connectivity index (χ1n) is 8.02. The lowest BCUT2D eigenvalue weighted by Crippen LogP contribution is -2.47. The zero-order chi connectivity index (χ0) is 19.8. The predicted octanol–water partition coefficient (Wildman–Crippen LogP) is 3.37. The van der Waals surface area contributed by atoms with E-state index in [1.54, 1.807) is 11.6 Å². The standard InChI is InChI=1S/C16H17F3N4O4/c1-15(7-8-22-9-13(23(24)25)20-14(22)27-15)10-21(2)11-3-5-12(6-4-11)26-16(17,18)19/h3-6,9H,7-8,10H2,1-2H3. The Bertz CT molecular complexity index is 837. The summed E-state index contributed by atoms with van der Waals surface area (Å²) in [6.45, 7) is 2.78. The number of halogens is 3. The summed E-state index contributed by atoms with van der Waals surface area (Å²) in [7, 11) is 1.78. The van der Waals surface area contributed by atoms with Gasteiger partial charge in [-0.1, -0.05) is 0 Å². The second-order valence-electron chi connectivity index (χ2n) is 6.53. The smallest absolute Gasteiger partial charge is 0.438 e. The van der Waals surface area contributed by atoms with Crippen molar-refractivity contribution < 1.29 is 27.6 Å². The fourth-order valence-corrected chi connectivity index (χ4v) is 2.95. The zero-order valence-corrected chi connectivity index (χ0v) is 14.6. The lowest BCUT2D eigenvalue weighted by molar-refractivity contribution is -0.389. The number of likely N-dealkylation sites (N-methyl/N-ethyl adjacent to an activating group) is 1. The minimum atomic E-state index is -4.73. The molecule has 3 rings (SSSR count). The van der Waals surface area contributed by atoms with Crippen molar-refractivity contribution in [1.82, 2.24) is 9.55 Å². The number of fused-ring (bicyclic) bond motifs is 1. The molecule has 0 bridgehead atoms. The maximum Gasteiger partial charge on any atom is 0.573 e. The van der Waals surface area contributed by atoms with Crippen LogP contribution in [0.25, 0.3) is 0 Å². The summed E-state index contributed by atoms with van der Waals surface area (Å²) in [5.74, 6) is -0.572. The van der Waals surface area contributed by atoms with Crippen LogP contribution in [0, 0.1) is 10.1 Å². The van der Waals surface area contributed by atoms with Gasteiger partial charge in [-0.15, -0.1) is 13.2 Å². The largest absolute Gasteiger partial charge is 0.573 e. The van der Waals surface area contributed by atoms with Crippen LogP contribution in [0.2, 0.25) is 0 Å². The first kappa shape index (κ1) is 18.8. The van der Waals surface area contributed by atoms with Gasteiger partial charge in [-0.3, -0.25) is 4.57 Å². The number of imidazole rings is 1. The molecule has 0 aliphatic carbocycles. The first-order valence-corrected chi connectivity index (χ1v) is 8.02. The number of rotatable bonds is 5.